The van der Waals surface area contributed by atoms with Crippen molar-refractivity contribution < 1.29 is 4.79 Å². The molecule has 0 radical (unpaired) electrons. The zero-order chi connectivity index (χ0) is 13.8. The Balaban J connectivity index is 1.92. The van der Waals surface area contributed by atoms with Crippen molar-refractivity contribution in [2.24, 2.45) is 5.92 Å². The highest BCUT2D eigenvalue weighted by Gasteiger charge is 2.08. The molecule has 2 aromatic rings. The average molecular weight is 343 g/mol. The number of aromatic amines is 1. The van der Waals surface area contributed by atoms with Gasteiger partial charge in [-0.15, -0.1) is 0 Å². The zero-order valence-corrected chi connectivity index (χ0v) is 13.1. The van der Waals surface area contributed by atoms with Crippen LogP contribution in [0.5, 0.6) is 0 Å². The molecule has 0 saturated heterocycles. The van der Waals surface area contributed by atoms with Crippen molar-refractivity contribution in [3.05, 3.63) is 16.7 Å². The Morgan fingerprint density at radius 1 is 1.58 bits per heavy atom. The lowest BCUT2D eigenvalue weighted by Gasteiger charge is -2.06. The number of hydrogen-bond donors (Lipinski definition) is 2. The molecule has 7 heteroatoms. The number of H-pyrrole nitrogens is 1. The summed E-state index contributed by atoms with van der Waals surface area (Å²) < 4.78 is 0.898. The Labute approximate surface area is 124 Å². The van der Waals surface area contributed by atoms with Crippen molar-refractivity contribution >= 4 is 44.8 Å². The van der Waals surface area contributed by atoms with E-state index in [0.717, 1.165) is 9.99 Å². The van der Waals surface area contributed by atoms with E-state index in [1.807, 2.05) is 6.07 Å². The van der Waals surface area contributed by atoms with E-state index in [2.05, 4.69) is 50.0 Å². The molecule has 0 saturated carbocycles. The number of imidazole rings is 1. The van der Waals surface area contributed by atoms with Crippen molar-refractivity contribution in [1.82, 2.24) is 20.3 Å². The summed E-state index contributed by atoms with van der Waals surface area (Å²) in [5.74, 6) is 0.836. The normalized spacial score (nSPS) is 11.2. The molecular weight excluding hydrogens is 328 g/mol. The van der Waals surface area contributed by atoms with Gasteiger partial charge in [-0.1, -0.05) is 25.6 Å². The summed E-state index contributed by atoms with van der Waals surface area (Å²) in [6.07, 6.45) is 1.70. The largest absolute Gasteiger partial charge is 0.355 e. The highest BCUT2D eigenvalue weighted by Crippen LogP contribution is 2.20. The molecule has 2 heterocycles. The zero-order valence-electron chi connectivity index (χ0n) is 10.7. The van der Waals surface area contributed by atoms with Crippen LogP contribution in [0.2, 0.25) is 0 Å². The van der Waals surface area contributed by atoms with Crippen LogP contribution < -0.4 is 5.32 Å². The molecule has 2 N–H and O–H groups in total. The molecule has 0 aliphatic rings. The first kappa shape index (κ1) is 14.3. The first-order chi connectivity index (χ1) is 9.04. The average Bonchev–Trinajstić information content (AvgIpc) is 2.75. The number of thioether (sulfide) groups is 1. The van der Waals surface area contributed by atoms with E-state index in [1.54, 1.807) is 6.20 Å². The summed E-state index contributed by atoms with van der Waals surface area (Å²) in [6.45, 7) is 4.83. The number of nitrogens with one attached hydrogen (secondary N) is 2. The maximum absolute atomic E-state index is 11.6. The molecule has 102 valence electrons. The maximum Gasteiger partial charge on any atom is 0.230 e. The SMILES string of the molecule is CC(C)CNC(=O)CSc1nc2ncc(Br)cc2[nH]1. The standard InChI is InChI=1S/C12H15BrN4OS/c1-7(2)4-14-10(18)6-19-12-16-9-3-8(13)5-15-11(9)17-12/h3,5,7H,4,6H2,1-2H3,(H,14,18)(H,15,16,17). The van der Waals surface area contributed by atoms with Crippen LogP contribution >= 0.6 is 27.7 Å². The summed E-state index contributed by atoms with van der Waals surface area (Å²) in [6, 6.07) is 1.91. The summed E-state index contributed by atoms with van der Waals surface area (Å²) in [7, 11) is 0. The van der Waals surface area contributed by atoms with Gasteiger partial charge < -0.3 is 10.3 Å². The molecular formula is C12H15BrN4OS. The summed E-state index contributed by atoms with van der Waals surface area (Å²) in [5.41, 5.74) is 1.52. The summed E-state index contributed by atoms with van der Waals surface area (Å²) in [5, 5.41) is 3.58. The van der Waals surface area contributed by atoms with E-state index in [1.165, 1.54) is 11.8 Å². The molecule has 0 fully saturated rings. The number of carbonyl (C=O) groups is 1. The van der Waals surface area contributed by atoms with Crippen molar-refractivity contribution in [2.75, 3.05) is 12.3 Å². The number of rotatable bonds is 5. The van der Waals surface area contributed by atoms with Crippen LogP contribution in [0.25, 0.3) is 11.2 Å². The molecule has 5 nitrogen and oxygen atoms in total. The van der Waals surface area contributed by atoms with Crippen molar-refractivity contribution in [1.29, 1.82) is 0 Å². The topological polar surface area (TPSA) is 70.7 Å². The molecule has 0 aliphatic carbocycles. The van der Waals surface area contributed by atoms with E-state index in [9.17, 15) is 4.79 Å². The monoisotopic (exact) mass is 342 g/mol. The molecule has 19 heavy (non-hydrogen) atoms. The number of hydrogen-bond acceptors (Lipinski definition) is 4. The lowest BCUT2D eigenvalue weighted by Crippen LogP contribution is -2.28. The summed E-state index contributed by atoms with van der Waals surface area (Å²) in [4.78, 5) is 23.2. The molecule has 1 amide bonds. The first-order valence-corrected chi connectivity index (χ1v) is 7.73. The Morgan fingerprint density at radius 2 is 2.37 bits per heavy atom. The van der Waals surface area contributed by atoms with E-state index in [0.29, 0.717) is 29.0 Å². The molecule has 2 aromatic heterocycles. The first-order valence-electron chi connectivity index (χ1n) is 5.95. The van der Waals surface area contributed by atoms with Gasteiger partial charge in [0.15, 0.2) is 10.8 Å². The van der Waals surface area contributed by atoms with E-state index in [-0.39, 0.29) is 5.91 Å². The van der Waals surface area contributed by atoms with Crippen LogP contribution in [0.1, 0.15) is 13.8 Å². The van der Waals surface area contributed by atoms with Crippen molar-refractivity contribution in [3.63, 3.8) is 0 Å². The maximum atomic E-state index is 11.6. The predicted molar refractivity (Wildman–Crippen MR) is 80.2 cm³/mol. The van der Waals surface area contributed by atoms with E-state index < -0.39 is 0 Å². The molecule has 0 atom stereocenters. The molecule has 0 spiro atoms. The fraction of sp³-hybridized carbons (Fsp3) is 0.417. The molecule has 0 aromatic carbocycles. The van der Waals surface area contributed by atoms with Gasteiger partial charge in [-0.05, 0) is 27.9 Å². The third-order valence-corrected chi connectivity index (χ3v) is 3.64. The minimum Gasteiger partial charge on any atom is -0.355 e. The third kappa shape index (κ3) is 4.21. The van der Waals surface area contributed by atoms with Crippen LogP contribution in [0.3, 0.4) is 0 Å². The van der Waals surface area contributed by atoms with Gasteiger partial charge in [-0.2, -0.15) is 0 Å². The van der Waals surface area contributed by atoms with E-state index in [4.69, 9.17) is 0 Å². The van der Waals surface area contributed by atoms with Gasteiger partial charge in [0, 0.05) is 17.2 Å². The number of nitrogens with zero attached hydrogens (tertiary/aromatic N) is 2. The quantitative estimate of drug-likeness (QED) is 0.819. The highest BCUT2D eigenvalue weighted by molar-refractivity contribution is 9.10. The molecule has 0 unspecified atom stereocenters. The number of halogens is 1. The lowest BCUT2D eigenvalue weighted by molar-refractivity contribution is -0.118. The van der Waals surface area contributed by atoms with Crippen LogP contribution in [0.4, 0.5) is 0 Å². The minimum atomic E-state index is 0.0216. The second-order valence-corrected chi connectivity index (χ2v) is 6.43. The molecule has 2 rings (SSSR count). The van der Waals surface area contributed by atoms with Gasteiger partial charge in [0.05, 0.1) is 11.3 Å². The Kier molecular flexibility index (Phi) is 4.81. The lowest BCUT2D eigenvalue weighted by atomic mass is 10.2. The fourth-order valence-electron chi connectivity index (χ4n) is 1.42. The second kappa shape index (κ2) is 6.38. The minimum absolute atomic E-state index is 0.0216. The van der Waals surface area contributed by atoms with Crippen LogP contribution in [-0.2, 0) is 4.79 Å². The molecule has 0 aliphatic heterocycles. The number of amides is 1. The third-order valence-electron chi connectivity index (χ3n) is 2.33. The number of pyridine rings is 1. The fourth-order valence-corrected chi connectivity index (χ4v) is 2.46. The Hall–Kier alpha value is -1.08. The molecule has 0 bridgehead atoms. The predicted octanol–water partition coefficient (Wildman–Crippen LogP) is 2.58. The van der Waals surface area contributed by atoms with Crippen LogP contribution in [0.15, 0.2) is 21.9 Å². The summed E-state index contributed by atoms with van der Waals surface area (Å²) >= 11 is 4.73. The van der Waals surface area contributed by atoms with Gasteiger partial charge in [0.25, 0.3) is 0 Å². The smallest absolute Gasteiger partial charge is 0.230 e. The Bertz CT molecular complexity index is 584. The number of aromatic nitrogens is 3. The van der Waals surface area contributed by atoms with Gasteiger partial charge in [-0.25, -0.2) is 9.97 Å². The van der Waals surface area contributed by atoms with Gasteiger partial charge >= 0.3 is 0 Å². The van der Waals surface area contributed by atoms with Gasteiger partial charge in [0.1, 0.15) is 0 Å². The number of carbonyl (C=O) groups excluding carboxylic acids is 1. The number of fused-ring (bicyclic) bond motifs is 1. The van der Waals surface area contributed by atoms with Crippen LogP contribution in [-0.4, -0.2) is 33.2 Å². The van der Waals surface area contributed by atoms with Crippen molar-refractivity contribution in [3.8, 4) is 0 Å². The van der Waals surface area contributed by atoms with Crippen LogP contribution in [0, 0.1) is 5.92 Å². The van der Waals surface area contributed by atoms with Crippen molar-refractivity contribution in [2.45, 2.75) is 19.0 Å². The highest BCUT2D eigenvalue weighted by atomic mass is 79.9. The Morgan fingerprint density at radius 3 is 3.11 bits per heavy atom. The van der Waals surface area contributed by atoms with E-state index >= 15 is 0 Å². The van der Waals surface area contributed by atoms with Gasteiger partial charge in [0.2, 0.25) is 5.91 Å². The second-order valence-electron chi connectivity index (χ2n) is 4.55. The van der Waals surface area contributed by atoms with Gasteiger partial charge in [-0.3, -0.25) is 4.79 Å².